The van der Waals surface area contributed by atoms with Gasteiger partial charge in [-0.25, -0.2) is 10.0 Å². The zero-order chi connectivity index (χ0) is 10.3. The van der Waals surface area contributed by atoms with Gasteiger partial charge in [0.05, 0.1) is 6.20 Å². The van der Waals surface area contributed by atoms with E-state index in [0.29, 0.717) is 6.04 Å². The Balaban J connectivity index is 1.79. The van der Waals surface area contributed by atoms with Gasteiger partial charge >= 0.3 is 0 Å². The number of fused-ring (bicyclic) bond motifs is 1. The van der Waals surface area contributed by atoms with Gasteiger partial charge in [-0.15, -0.1) is 5.53 Å². The molecule has 0 bridgehead atoms. The van der Waals surface area contributed by atoms with Crippen LogP contribution >= 0.6 is 12.6 Å². The van der Waals surface area contributed by atoms with Gasteiger partial charge in [0.25, 0.3) is 0 Å². The van der Waals surface area contributed by atoms with E-state index < -0.39 is 0 Å². The predicted molar refractivity (Wildman–Crippen MR) is 61.3 cm³/mol. The molecule has 1 radical (unpaired) electrons. The van der Waals surface area contributed by atoms with Gasteiger partial charge in [-0.1, -0.05) is 25.5 Å². The molecule has 3 rings (SSSR count). The van der Waals surface area contributed by atoms with Crippen LogP contribution in [0.3, 0.4) is 0 Å². The van der Waals surface area contributed by atoms with Crippen molar-refractivity contribution in [2.75, 3.05) is 0 Å². The maximum Gasteiger partial charge on any atom is 0.167 e. The van der Waals surface area contributed by atoms with Gasteiger partial charge in [-0.3, -0.25) is 5.01 Å². The molecule has 2 heterocycles. The van der Waals surface area contributed by atoms with Crippen LogP contribution in [0.25, 0.3) is 0 Å². The first-order chi connectivity index (χ1) is 7.34. The van der Waals surface area contributed by atoms with E-state index in [-0.39, 0.29) is 0 Å². The van der Waals surface area contributed by atoms with Gasteiger partial charge in [0.2, 0.25) is 0 Å². The van der Waals surface area contributed by atoms with Crippen molar-refractivity contribution in [3.8, 4) is 0 Å². The van der Waals surface area contributed by atoms with Crippen molar-refractivity contribution >= 4 is 18.8 Å². The number of hydrogen-bond donors (Lipinski definition) is 1. The average molecular weight is 221 g/mol. The largest absolute Gasteiger partial charge is 0.291 e. The van der Waals surface area contributed by atoms with Crippen LogP contribution in [0, 0.1) is 0 Å². The number of allylic oxidation sites excluding steroid dienone is 1. The van der Waals surface area contributed by atoms with Crippen molar-refractivity contribution in [1.82, 2.24) is 15.6 Å². The fourth-order valence-corrected chi connectivity index (χ4v) is 2.45. The summed E-state index contributed by atoms with van der Waals surface area (Å²) in [6.45, 7) is 0. The lowest BCUT2D eigenvalue weighted by Gasteiger charge is -2.27. The summed E-state index contributed by atoms with van der Waals surface area (Å²) in [5, 5.41) is 4.77. The first-order valence-corrected chi connectivity index (χ1v) is 5.73. The Kier molecular flexibility index (Phi) is 2.14. The molecule has 5 heteroatoms. The van der Waals surface area contributed by atoms with E-state index in [0.717, 1.165) is 10.9 Å². The van der Waals surface area contributed by atoms with Gasteiger partial charge in [0.1, 0.15) is 5.03 Å². The Morgan fingerprint density at radius 1 is 1.40 bits per heavy atom. The van der Waals surface area contributed by atoms with Crippen LogP contribution in [0.5, 0.6) is 0 Å². The summed E-state index contributed by atoms with van der Waals surface area (Å²) in [6.07, 6.45) is 10.8. The molecule has 0 atom stereocenters. The Morgan fingerprint density at radius 2 is 2.20 bits per heavy atom. The van der Waals surface area contributed by atoms with Crippen molar-refractivity contribution in [3.05, 3.63) is 23.1 Å². The molecular formula is C10H13N4S. The second-order valence-corrected chi connectivity index (χ2v) is 4.47. The van der Waals surface area contributed by atoms with Crippen molar-refractivity contribution in [2.24, 2.45) is 4.99 Å². The molecule has 1 N–H and O–H groups in total. The monoisotopic (exact) mass is 221 g/mol. The molecule has 0 aromatic heterocycles. The lowest BCUT2D eigenvalue weighted by Crippen LogP contribution is -2.43. The van der Waals surface area contributed by atoms with E-state index in [2.05, 4.69) is 15.5 Å². The minimum atomic E-state index is 0.598. The minimum absolute atomic E-state index is 0.598. The van der Waals surface area contributed by atoms with Crippen molar-refractivity contribution < 1.29 is 0 Å². The third-order valence-electron chi connectivity index (χ3n) is 3.06. The zero-order valence-corrected chi connectivity index (χ0v) is 9.20. The number of hydrogen-bond acceptors (Lipinski definition) is 4. The van der Waals surface area contributed by atoms with Gasteiger partial charge in [0, 0.05) is 12.3 Å². The summed E-state index contributed by atoms with van der Waals surface area (Å²) < 4.78 is 0. The van der Waals surface area contributed by atoms with E-state index in [4.69, 9.17) is 12.6 Å². The highest BCUT2D eigenvalue weighted by Crippen LogP contribution is 2.29. The first-order valence-electron chi connectivity index (χ1n) is 5.32. The van der Waals surface area contributed by atoms with Crippen LogP contribution in [0.1, 0.15) is 25.7 Å². The Bertz CT molecular complexity index is 354. The highest BCUT2D eigenvalue weighted by atomic mass is 32.1. The van der Waals surface area contributed by atoms with Crippen LogP contribution in [-0.2, 0) is 0 Å². The molecule has 1 aliphatic carbocycles. The number of rotatable bonds is 1. The highest BCUT2D eigenvalue weighted by molar-refractivity contribution is 7.84. The Morgan fingerprint density at radius 3 is 2.93 bits per heavy atom. The number of aliphatic imine (C=N–C) groups is 1. The summed E-state index contributed by atoms with van der Waals surface area (Å²) >= 11 is 5.22. The lowest BCUT2D eigenvalue weighted by molar-refractivity contribution is 0.123. The minimum Gasteiger partial charge on any atom is -0.291 e. The summed E-state index contributed by atoms with van der Waals surface area (Å²) in [4.78, 5) is 4.28. The molecule has 0 aromatic carbocycles. The van der Waals surface area contributed by atoms with E-state index >= 15 is 0 Å². The molecule has 0 aromatic rings. The third kappa shape index (κ3) is 1.52. The number of nitrogens with one attached hydrogen (secondary N) is 1. The third-order valence-corrected chi connectivity index (χ3v) is 3.38. The SMILES string of the molecule is [S]C1=CC=NC2=CN(C3CCCC3)NN12. The molecule has 2 aliphatic heterocycles. The van der Waals surface area contributed by atoms with E-state index in [1.807, 2.05) is 17.3 Å². The quantitative estimate of drug-likeness (QED) is 0.733. The van der Waals surface area contributed by atoms with E-state index in [1.54, 1.807) is 6.21 Å². The Labute approximate surface area is 94.7 Å². The van der Waals surface area contributed by atoms with Crippen LogP contribution in [0.2, 0.25) is 0 Å². The fraction of sp³-hybridized carbons (Fsp3) is 0.500. The number of nitrogens with zero attached hydrogens (tertiary/aromatic N) is 3. The van der Waals surface area contributed by atoms with Crippen LogP contribution < -0.4 is 5.53 Å². The van der Waals surface area contributed by atoms with Crippen LogP contribution in [0.4, 0.5) is 0 Å². The smallest absolute Gasteiger partial charge is 0.167 e. The second-order valence-electron chi connectivity index (χ2n) is 4.05. The van der Waals surface area contributed by atoms with Crippen molar-refractivity contribution in [2.45, 2.75) is 31.7 Å². The normalized spacial score (nSPS) is 25.6. The molecule has 0 saturated heterocycles. The molecule has 0 spiro atoms. The first kappa shape index (κ1) is 9.18. The fourth-order valence-electron chi connectivity index (χ4n) is 2.25. The van der Waals surface area contributed by atoms with Crippen molar-refractivity contribution in [1.29, 1.82) is 0 Å². The van der Waals surface area contributed by atoms with Gasteiger partial charge in [-0.2, -0.15) is 0 Å². The Hall–Kier alpha value is -1.07. The maximum absolute atomic E-state index is 5.22. The molecule has 15 heavy (non-hydrogen) atoms. The maximum atomic E-state index is 5.22. The summed E-state index contributed by atoms with van der Waals surface area (Å²) in [5.41, 5.74) is 3.27. The molecule has 79 valence electrons. The molecular weight excluding hydrogens is 208 g/mol. The van der Waals surface area contributed by atoms with Gasteiger partial charge < -0.3 is 0 Å². The molecule has 3 aliphatic rings. The van der Waals surface area contributed by atoms with E-state index in [1.165, 1.54) is 25.7 Å². The molecule has 1 saturated carbocycles. The molecule has 1 fully saturated rings. The topological polar surface area (TPSA) is 30.9 Å². The standard InChI is InChI=1S/C10H13N4S/c15-10-5-6-11-9-7-13(12-14(9)10)8-3-1-2-4-8/h5-8,12H,1-4H2. The zero-order valence-electron chi connectivity index (χ0n) is 8.39. The highest BCUT2D eigenvalue weighted by Gasteiger charge is 2.30. The summed E-state index contributed by atoms with van der Waals surface area (Å²) in [5.74, 6) is 0.898. The van der Waals surface area contributed by atoms with Crippen molar-refractivity contribution in [3.63, 3.8) is 0 Å². The molecule has 0 unspecified atom stereocenters. The van der Waals surface area contributed by atoms with Gasteiger partial charge in [-0.05, 0) is 18.9 Å². The van der Waals surface area contributed by atoms with Crippen LogP contribution in [0.15, 0.2) is 28.1 Å². The molecule has 0 amide bonds. The van der Waals surface area contributed by atoms with E-state index in [9.17, 15) is 0 Å². The molecule has 4 nitrogen and oxygen atoms in total. The lowest BCUT2D eigenvalue weighted by atomic mass is 10.2. The van der Waals surface area contributed by atoms with Gasteiger partial charge in [0.15, 0.2) is 5.82 Å². The second kappa shape index (κ2) is 3.50. The van der Waals surface area contributed by atoms with Crippen LogP contribution in [-0.4, -0.2) is 22.3 Å². The number of hydrazine groups is 2. The average Bonchev–Trinajstić information content (AvgIpc) is 2.86. The summed E-state index contributed by atoms with van der Waals surface area (Å²) in [6, 6.07) is 0.598. The predicted octanol–water partition coefficient (Wildman–Crippen LogP) is 1.89. The summed E-state index contributed by atoms with van der Waals surface area (Å²) in [7, 11) is 0.